The second kappa shape index (κ2) is 12.5. The molecule has 0 N–H and O–H groups in total. The van der Waals surface area contributed by atoms with Crippen LogP contribution in [0, 0.1) is 0 Å². The van der Waals surface area contributed by atoms with Crippen LogP contribution in [0.3, 0.4) is 0 Å². The lowest BCUT2D eigenvalue weighted by Gasteiger charge is -2.15. The molecule has 5 heterocycles. The maximum absolute atomic E-state index is 5.61. The second-order valence-electron chi connectivity index (χ2n) is 16.2. The summed E-state index contributed by atoms with van der Waals surface area (Å²) in [7, 11) is 0. The summed E-state index contributed by atoms with van der Waals surface area (Å²) in [6.07, 6.45) is 0. The fourth-order valence-electron chi connectivity index (χ4n) is 10.4. The van der Waals surface area contributed by atoms with E-state index in [1.165, 1.54) is 54.0 Å². The maximum Gasteiger partial charge on any atom is 0.238 e. The van der Waals surface area contributed by atoms with Crippen LogP contribution in [0.15, 0.2) is 206 Å². The molecule has 0 bridgehead atoms. The van der Waals surface area contributed by atoms with Crippen molar-refractivity contribution in [2.24, 2.45) is 0 Å². The van der Waals surface area contributed by atoms with E-state index in [1.807, 2.05) is 0 Å². The van der Waals surface area contributed by atoms with E-state index >= 15 is 0 Å². The molecule has 0 radical (unpaired) electrons. The molecule has 0 aliphatic heterocycles. The van der Waals surface area contributed by atoms with Gasteiger partial charge < -0.3 is 4.57 Å². The molecule has 0 aliphatic carbocycles. The Morgan fingerprint density at radius 1 is 0.258 bits per heavy atom. The Kier molecular flexibility index (Phi) is 6.74. The van der Waals surface area contributed by atoms with Gasteiger partial charge in [-0.2, -0.15) is 9.97 Å². The van der Waals surface area contributed by atoms with E-state index in [2.05, 4.69) is 225 Å². The summed E-state index contributed by atoms with van der Waals surface area (Å²) >= 11 is 0. The molecule has 0 aliphatic rings. The average molecular weight is 791 g/mol. The first-order valence-corrected chi connectivity index (χ1v) is 21.1. The Bertz CT molecular complexity index is 3940. The molecule has 0 atom stereocenters. The highest BCUT2D eigenvalue weighted by molar-refractivity contribution is 6.29. The van der Waals surface area contributed by atoms with Crippen molar-refractivity contribution in [2.45, 2.75) is 0 Å². The molecule has 62 heavy (non-hydrogen) atoms. The van der Waals surface area contributed by atoms with Crippen LogP contribution in [0.2, 0.25) is 0 Å². The predicted molar refractivity (Wildman–Crippen MR) is 257 cm³/mol. The summed E-state index contributed by atoms with van der Waals surface area (Å²) < 4.78 is 9.30. The molecule has 288 valence electrons. The summed E-state index contributed by atoms with van der Waals surface area (Å²) in [4.78, 5) is 11.2. The van der Waals surface area contributed by atoms with Crippen LogP contribution in [0.5, 0.6) is 0 Å². The van der Waals surface area contributed by atoms with Crippen LogP contribution in [0.1, 0.15) is 0 Å². The highest BCUT2D eigenvalue weighted by Gasteiger charge is 2.24. The van der Waals surface area contributed by atoms with E-state index in [1.54, 1.807) is 0 Å². The van der Waals surface area contributed by atoms with Gasteiger partial charge in [0.2, 0.25) is 5.95 Å². The minimum absolute atomic E-state index is 0.602. The molecule has 14 rings (SSSR count). The van der Waals surface area contributed by atoms with E-state index in [0.717, 1.165) is 61.3 Å². The normalized spacial score (nSPS) is 12.2. The zero-order chi connectivity index (χ0) is 40.5. The van der Waals surface area contributed by atoms with Gasteiger partial charge in [0.25, 0.3) is 0 Å². The molecular weight excluding hydrogens is 757 g/mol. The molecule has 0 saturated carbocycles. The van der Waals surface area contributed by atoms with Crippen LogP contribution >= 0.6 is 0 Å². The number of nitrogens with zero attached hydrogens (tertiary/aromatic N) is 6. The van der Waals surface area contributed by atoms with Crippen LogP contribution in [0.4, 0.5) is 0 Å². The highest BCUT2D eigenvalue weighted by Crippen LogP contribution is 2.43. The molecule has 9 aromatic carbocycles. The monoisotopic (exact) mass is 790 g/mol. The number of aromatic nitrogens is 6. The average Bonchev–Trinajstić information content (AvgIpc) is 4.06. The molecule has 6 nitrogen and oxygen atoms in total. The number of benzene rings is 9. The Hall–Kier alpha value is -8.48. The third kappa shape index (κ3) is 4.52. The molecule has 0 spiro atoms. The third-order valence-electron chi connectivity index (χ3n) is 13.0. The van der Waals surface area contributed by atoms with Crippen LogP contribution in [0.25, 0.3) is 121 Å². The number of rotatable bonds is 4. The van der Waals surface area contributed by atoms with Gasteiger partial charge in [-0.05, 0) is 71.4 Å². The lowest BCUT2D eigenvalue weighted by molar-refractivity contribution is 0.918. The van der Waals surface area contributed by atoms with Crippen LogP contribution in [-0.4, -0.2) is 28.2 Å². The topological polar surface area (TPSA) is 45.5 Å². The second-order valence-corrected chi connectivity index (χ2v) is 16.2. The molecule has 6 heteroatoms. The Labute approximate surface area is 354 Å². The number of fused-ring (bicyclic) bond motifs is 14. The first-order chi connectivity index (χ1) is 30.8. The van der Waals surface area contributed by atoms with Gasteiger partial charge in [-0.3, -0.25) is 13.7 Å². The van der Waals surface area contributed by atoms with E-state index in [0.29, 0.717) is 5.95 Å². The van der Waals surface area contributed by atoms with E-state index in [-0.39, 0.29) is 0 Å². The molecule has 0 saturated heterocycles. The summed E-state index contributed by atoms with van der Waals surface area (Å²) in [5.74, 6) is 2.19. The summed E-state index contributed by atoms with van der Waals surface area (Å²) in [5.41, 5.74) is 9.93. The molecule has 0 amide bonds. The molecular formula is C56H34N6. The number of para-hydroxylation sites is 6. The minimum Gasteiger partial charge on any atom is -0.309 e. The van der Waals surface area contributed by atoms with Gasteiger partial charge >= 0.3 is 0 Å². The fourth-order valence-corrected chi connectivity index (χ4v) is 10.4. The minimum atomic E-state index is 0.602. The van der Waals surface area contributed by atoms with Crippen molar-refractivity contribution in [1.29, 1.82) is 0 Å². The molecule has 0 fully saturated rings. The van der Waals surface area contributed by atoms with Crippen molar-refractivity contribution in [1.82, 2.24) is 28.2 Å². The van der Waals surface area contributed by atoms with Crippen molar-refractivity contribution in [3.63, 3.8) is 0 Å². The quantitative estimate of drug-likeness (QED) is 0.178. The Morgan fingerprint density at radius 3 is 1.11 bits per heavy atom. The highest BCUT2D eigenvalue weighted by atomic mass is 15.2. The van der Waals surface area contributed by atoms with Gasteiger partial charge in [0.05, 0.1) is 44.1 Å². The lowest BCUT2D eigenvalue weighted by atomic mass is 10.1. The summed E-state index contributed by atoms with van der Waals surface area (Å²) in [6, 6.07) is 74.1. The largest absolute Gasteiger partial charge is 0.309 e. The van der Waals surface area contributed by atoms with Gasteiger partial charge in [0.1, 0.15) is 11.6 Å². The first-order valence-electron chi connectivity index (χ1n) is 21.1. The van der Waals surface area contributed by atoms with Crippen molar-refractivity contribution in [3.8, 4) is 23.3 Å². The lowest BCUT2D eigenvalue weighted by Crippen LogP contribution is -2.10. The molecule has 5 aromatic heterocycles. The Morgan fingerprint density at radius 2 is 0.629 bits per heavy atom. The van der Waals surface area contributed by atoms with E-state index in [4.69, 9.17) is 9.97 Å². The van der Waals surface area contributed by atoms with Crippen LogP contribution in [-0.2, 0) is 0 Å². The maximum atomic E-state index is 5.61. The SMILES string of the molecule is c1ccc2cc(-n3c4ccccc4c4c5c6ccccc6n(-c6nc(-n7c8ccccc8c8ccccc87)cc(-n7c8ccccc8c8ccccc87)n6)c5ccc43)ccc2c1. The van der Waals surface area contributed by atoms with E-state index < -0.39 is 0 Å². The van der Waals surface area contributed by atoms with E-state index in [9.17, 15) is 0 Å². The van der Waals surface area contributed by atoms with Crippen molar-refractivity contribution in [3.05, 3.63) is 206 Å². The van der Waals surface area contributed by atoms with Gasteiger partial charge in [0.15, 0.2) is 0 Å². The van der Waals surface area contributed by atoms with Gasteiger partial charge in [0, 0.05) is 54.8 Å². The zero-order valence-corrected chi connectivity index (χ0v) is 33.3. The number of hydrogen-bond acceptors (Lipinski definition) is 2. The first kappa shape index (κ1) is 33.4. The molecule has 0 unspecified atom stereocenters. The number of hydrogen-bond donors (Lipinski definition) is 0. The third-order valence-corrected chi connectivity index (χ3v) is 13.0. The Balaban J connectivity index is 1.12. The smallest absolute Gasteiger partial charge is 0.238 e. The van der Waals surface area contributed by atoms with Crippen molar-refractivity contribution < 1.29 is 0 Å². The standard InChI is InChI=1S/C56H34N6/c1-2-16-36-33-37(30-29-35(36)15-1)59-48-27-13-7-21-42(48)54-50(59)31-32-51-55(54)43-22-8-14-28-49(43)62(51)56-57-52(60-44-23-9-3-17-38(44)39-18-4-10-24-45(39)60)34-53(58-56)61-46-25-11-5-19-40(46)41-20-6-12-26-47(41)61/h1-34H. The van der Waals surface area contributed by atoms with Gasteiger partial charge in [-0.25, -0.2) is 0 Å². The predicted octanol–water partition coefficient (Wildman–Crippen LogP) is 14.0. The van der Waals surface area contributed by atoms with Crippen molar-refractivity contribution in [2.75, 3.05) is 0 Å². The summed E-state index contributed by atoms with van der Waals surface area (Å²) in [5, 5.41) is 11.9. The fraction of sp³-hybridized carbons (Fsp3) is 0. The van der Waals surface area contributed by atoms with Crippen LogP contribution < -0.4 is 0 Å². The van der Waals surface area contributed by atoms with Gasteiger partial charge in [-0.15, -0.1) is 0 Å². The molecule has 14 aromatic rings. The summed E-state index contributed by atoms with van der Waals surface area (Å²) in [6.45, 7) is 0. The zero-order valence-electron chi connectivity index (χ0n) is 33.3. The van der Waals surface area contributed by atoms with Gasteiger partial charge in [-0.1, -0.05) is 140 Å². The van der Waals surface area contributed by atoms with Crippen molar-refractivity contribution >= 4 is 98.0 Å².